The van der Waals surface area contributed by atoms with Crippen molar-refractivity contribution in [1.29, 1.82) is 0 Å². The minimum absolute atomic E-state index is 0.0157. The van der Waals surface area contributed by atoms with E-state index in [1.807, 2.05) is 25.1 Å². The Hall–Kier alpha value is -0.900. The van der Waals surface area contributed by atoms with Gasteiger partial charge in [-0.15, -0.1) is 0 Å². The smallest absolute Gasteiger partial charge is 0.0700 e. The van der Waals surface area contributed by atoms with Gasteiger partial charge in [-0.1, -0.05) is 51.1 Å². The quantitative estimate of drug-likeness (QED) is 0.717. The van der Waals surface area contributed by atoms with Gasteiger partial charge in [0.25, 0.3) is 0 Å². The van der Waals surface area contributed by atoms with Crippen LogP contribution in [0.1, 0.15) is 33.3 Å². The second-order valence-electron chi connectivity index (χ2n) is 6.72. The average molecular weight is 279 g/mol. The summed E-state index contributed by atoms with van der Waals surface area (Å²) in [5.74, 6) is 0.170. The first-order valence-electron chi connectivity index (χ1n) is 7.40. The molecule has 3 N–H and O–H groups in total. The number of hydrogen-bond acceptors (Lipinski definition) is 3. The van der Waals surface area contributed by atoms with Crippen molar-refractivity contribution in [2.24, 2.45) is 11.3 Å². The minimum Gasteiger partial charge on any atom is -0.395 e. The lowest BCUT2D eigenvalue weighted by atomic mass is 9.74. The van der Waals surface area contributed by atoms with E-state index < -0.39 is 6.10 Å². The highest BCUT2D eigenvalue weighted by atomic mass is 16.3. The van der Waals surface area contributed by atoms with Crippen LogP contribution in [0.25, 0.3) is 0 Å². The topological polar surface area (TPSA) is 52.5 Å². The largest absolute Gasteiger partial charge is 0.395 e. The maximum Gasteiger partial charge on any atom is 0.0700 e. The van der Waals surface area contributed by atoms with Crippen molar-refractivity contribution in [3.63, 3.8) is 0 Å². The average Bonchev–Trinajstić information content (AvgIpc) is 2.41. The Kier molecular flexibility index (Phi) is 6.66. The molecule has 0 aliphatic heterocycles. The first kappa shape index (κ1) is 17.2. The molecular formula is C17H29NO2. The first-order valence-corrected chi connectivity index (χ1v) is 7.40. The molecule has 0 aliphatic carbocycles. The van der Waals surface area contributed by atoms with Crippen molar-refractivity contribution in [2.75, 3.05) is 13.2 Å². The maximum atomic E-state index is 10.5. The molecule has 0 bridgehead atoms. The maximum absolute atomic E-state index is 10.5. The Balaban J connectivity index is 2.69. The molecule has 1 rings (SSSR count). The van der Waals surface area contributed by atoms with E-state index in [9.17, 15) is 5.11 Å². The summed E-state index contributed by atoms with van der Waals surface area (Å²) >= 11 is 0. The lowest BCUT2D eigenvalue weighted by Crippen LogP contribution is -2.43. The van der Waals surface area contributed by atoms with E-state index in [4.69, 9.17) is 5.11 Å². The normalized spacial score (nSPS) is 16.7. The van der Waals surface area contributed by atoms with Crippen LogP contribution < -0.4 is 5.32 Å². The van der Waals surface area contributed by atoms with Crippen LogP contribution in [0.15, 0.2) is 30.3 Å². The van der Waals surface area contributed by atoms with Gasteiger partial charge in [-0.25, -0.2) is 0 Å². The second kappa shape index (κ2) is 7.77. The summed E-state index contributed by atoms with van der Waals surface area (Å²) in [6.45, 7) is 9.01. The Morgan fingerprint density at radius 2 is 1.75 bits per heavy atom. The molecule has 114 valence electrons. The molecular weight excluding hydrogens is 250 g/mol. The Morgan fingerprint density at radius 3 is 2.25 bits per heavy atom. The van der Waals surface area contributed by atoms with Crippen molar-refractivity contribution in [1.82, 2.24) is 5.32 Å². The number of nitrogens with one attached hydrogen (secondary N) is 1. The van der Waals surface area contributed by atoms with Gasteiger partial charge in [0.15, 0.2) is 0 Å². The summed E-state index contributed by atoms with van der Waals surface area (Å²) in [5.41, 5.74) is 1.28. The molecule has 0 aromatic heterocycles. The molecule has 1 aromatic carbocycles. The van der Waals surface area contributed by atoms with Crippen molar-refractivity contribution >= 4 is 0 Å². The molecule has 0 saturated carbocycles. The minimum atomic E-state index is -0.427. The van der Waals surface area contributed by atoms with Crippen LogP contribution in [0.3, 0.4) is 0 Å². The van der Waals surface area contributed by atoms with Gasteiger partial charge in [-0.3, -0.25) is 0 Å². The number of aliphatic hydroxyl groups is 2. The van der Waals surface area contributed by atoms with E-state index >= 15 is 0 Å². The highest BCUT2D eigenvalue weighted by Gasteiger charge is 2.31. The van der Waals surface area contributed by atoms with Gasteiger partial charge >= 0.3 is 0 Å². The Labute approximate surface area is 123 Å². The molecule has 1 aromatic rings. The van der Waals surface area contributed by atoms with E-state index in [1.165, 1.54) is 5.56 Å². The van der Waals surface area contributed by atoms with E-state index in [0.717, 1.165) is 6.42 Å². The summed E-state index contributed by atoms with van der Waals surface area (Å²) < 4.78 is 0. The fourth-order valence-corrected chi connectivity index (χ4v) is 2.42. The van der Waals surface area contributed by atoms with Crippen molar-refractivity contribution in [3.8, 4) is 0 Å². The molecule has 0 spiro atoms. The molecule has 3 nitrogen and oxygen atoms in total. The molecule has 0 saturated heterocycles. The van der Waals surface area contributed by atoms with Crippen LogP contribution in [0.2, 0.25) is 0 Å². The molecule has 0 aliphatic rings. The van der Waals surface area contributed by atoms with Gasteiger partial charge in [0.2, 0.25) is 0 Å². The summed E-state index contributed by atoms with van der Waals surface area (Å²) in [4.78, 5) is 0. The van der Waals surface area contributed by atoms with Crippen LogP contribution in [0, 0.1) is 11.3 Å². The lowest BCUT2D eigenvalue weighted by molar-refractivity contribution is 0.0398. The fraction of sp³-hybridized carbons (Fsp3) is 0.647. The monoisotopic (exact) mass is 279 g/mol. The summed E-state index contributed by atoms with van der Waals surface area (Å²) in [6.07, 6.45) is 0.435. The standard InChI is InChI=1S/C17H29NO2/c1-13(12-19)18-11-16(20)15(17(2,3)4)10-14-8-6-5-7-9-14/h5-9,13,15-16,18-20H,10-12H2,1-4H3/t13-,15?,16+/m1/s1. The van der Waals surface area contributed by atoms with Crippen molar-refractivity contribution in [3.05, 3.63) is 35.9 Å². The molecule has 0 radical (unpaired) electrons. The van der Waals surface area contributed by atoms with Gasteiger partial charge in [-0.2, -0.15) is 0 Å². The van der Waals surface area contributed by atoms with E-state index in [2.05, 4.69) is 38.2 Å². The molecule has 1 unspecified atom stereocenters. The zero-order valence-electron chi connectivity index (χ0n) is 13.1. The highest BCUT2D eigenvalue weighted by molar-refractivity contribution is 5.16. The van der Waals surface area contributed by atoms with E-state index in [1.54, 1.807) is 0 Å². The number of benzene rings is 1. The molecule has 3 heteroatoms. The molecule has 3 atom stereocenters. The van der Waals surface area contributed by atoms with E-state index in [-0.39, 0.29) is 24.0 Å². The van der Waals surface area contributed by atoms with E-state index in [0.29, 0.717) is 6.54 Å². The zero-order valence-corrected chi connectivity index (χ0v) is 13.1. The van der Waals surface area contributed by atoms with Crippen molar-refractivity contribution < 1.29 is 10.2 Å². The van der Waals surface area contributed by atoms with Gasteiger partial charge in [0.05, 0.1) is 12.7 Å². The lowest BCUT2D eigenvalue weighted by Gasteiger charge is -2.35. The van der Waals surface area contributed by atoms with Crippen LogP contribution >= 0.6 is 0 Å². The summed E-state index contributed by atoms with van der Waals surface area (Å²) in [5, 5.41) is 22.7. The summed E-state index contributed by atoms with van der Waals surface area (Å²) in [7, 11) is 0. The first-order chi connectivity index (χ1) is 9.34. The molecule has 0 fully saturated rings. The predicted molar refractivity (Wildman–Crippen MR) is 83.6 cm³/mol. The SMILES string of the molecule is C[C@H](CO)NC[C@H](O)C(Cc1ccccc1)C(C)(C)C. The Bertz CT molecular complexity index is 372. The molecule has 20 heavy (non-hydrogen) atoms. The van der Waals surface area contributed by atoms with Crippen molar-refractivity contribution in [2.45, 2.75) is 46.3 Å². The van der Waals surface area contributed by atoms with Gasteiger partial charge in [-0.05, 0) is 30.2 Å². The fourth-order valence-electron chi connectivity index (χ4n) is 2.42. The predicted octanol–water partition coefficient (Wildman–Crippen LogP) is 2.22. The van der Waals surface area contributed by atoms with Crippen LogP contribution in [0.4, 0.5) is 0 Å². The third kappa shape index (κ3) is 5.61. The number of aliphatic hydroxyl groups excluding tert-OH is 2. The number of hydrogen-bond donors (Lipinski definition) is 3. The van der Waals surface area contributed by atoms with Crippen LogP contribution in [-0.2, 0) is 6.42 Å². The van der Waals surface area contributed by atoms with Gasteiger partial charge < -0.3 is 15.5 Å². The molecule has 0 amide bonds. The third-order valence-electron chi connectivity index (χ3n) is 3.82. The Morgan fingerprint density at radius 1 is 1.15 bits per heavy atom. The highest BCUT2D eigenvalue weighted by Crippen LogP contribution is 2.31. The van der Waals surface area contributed by atoms with Gasteiger partial charge in [0.1, 0.15) is 0 Å². The third-order valence-corrected chi connectivity index (χ3v) is 3.82. The molecule has 0 heterocycles. The van der Waals surface area contributed by atoms with Crippen LogP contribution in [-0.4, -0.2) is 35.5 Å². The summed E-state index contributed by atoms with van der Waals surface area (Å²) in [6, 6.07) is 10.3. The zero-order chi connectivity index (χ0) is 15.2. The number of rotatable bonds is 7. The van der Waals surface area contributed by atoms with Gasteiger partial charge in [0, 0.05) is 12.6 Å². The second-order valence-corrected chi connectivity index (χ2v) is 6.72. The van der Waals surface area contributed by atoms with Crippen LogP contribution in [0.5, 0.6) is 0 Å².